The first kappa shape index (κ1) is 19.7. The predicted molar refractivity (Wildman–Crippen MR) is 109 cm³/mol. The Morgan fingerprint density at radius 1 is 1.04 bits per heavy atom. The highest BCUT2D eigenvalue weighted by atomic mass is 16.5. The standard InChI is InChI=1S/C22H26N2O4/c1-16-11-13-24(14-12-16)19-7-5-18(6-8-19)23-21(25)15-28-20-9-3-17(4-10-20)22(26)27-2/h3-10,16H,11-15H2,1-2H3,(H,23,25). The summed E-state index contributed by atoms with van der Waals surface area (Å²) in [5, 5.41) is 2.83. The number of carbonyl (C=O) groups excluding carboxylic acids is 2. The van der Waals surface area contributed by atoms with E-state index in [1.54, 1.807) is 24.3 Å². The molecule has 1 amide bonds. The van der Waals surface area contributed by atoms with Gasteiger partial charge in [-0.05, 0) is 67.3 Å². The Kier molecular flexibility index (Phi) is 6.53. The van der Waals surface area contributed by atoms with Crippen molar-refractivity contribution in [2.75, 3.05) is 37.0 Å². The number of amides is 1. The first-order chi connectivity index (χ1) is 13.5. The lowest BCUT2D eigenvalue weighted by Crippen LogP contribution is -2.32. The summed E-state index contributed by atoms with van der Waals surface area (Å²) in [6, 6.07) is 14.4. The molecule has 2 aromatic carbocycles. The largest absolute Gasteiger partial charge is 0.484 e. The smallest absolute Gasteiger partial charge is 0.337 e. The summed E-state index contributed by atoms with van der Waals surface area (Å²) < 4.78 is 10.1. The zero-order valence-corrected chi connectivity index (χ0v) is 16.3. The number of carbonyl (C=O) groups is 2. The van der Waals surface area contributed by atoms with E-state index < -0.39 is 5.97 Å². The highest BCUT2D eigenvalue weighted by Gasteiger charge is 2.16. The van der Waals surface area contributed by atoms with E-state index in [1.165, 1.54) is 25.6 Å². The highest BCUT2D eigenvalue weighted by molar-refractivity contribution is 5.92. The molecule has 6 nitrogen and oxygen atoms in total. The zero-order valence-electron chi connectivity index (χ0n) is 16.3. The van der Waals surface area contributed by atoms with Crippen LogP contribution in [0.2, 0.25) is 0 Å². The van der Waals surface area contributed by atoms with E-state index in [0.29, 0.717) is 11.3 Å². The van der Waals surface area contributed by atoms with E-state index in [4.69, 9.17) is 4.74 Å². The molecule has 2 aromatic rings. The van der Waals surface area contributed by atoms with Gasteiger partial charge < -0.3 is 19.7 Å². The minimum absolute atomic E-state index is 0.108. The predicted octanol–water partition coefficient (Wildman–Crippen LogP) is 3.73. The normalized spacial score (nSPS) is 14.4. The number of rotatable bonds is 6. The van der Waals surface area contributed by atoms with Gasteiger partial charge in [-0.2, -0.15) is 0 Å². The van der Waals surface area contributed by atoms with Crippen LogP contribution < -0.4 is 15.0 Å². The lowest BCUT2D eigenvalue weighted by Gasteiger charge is -2.32. The number of piperidine rings is 1. The third-order valence-corrected chi connectivity index (χ3v) is 4.95. The lowest BCUT2D eigenvalue weighted by molar-refractivity contribution is -0.118. The van der Waals surface area contributed by atoms with Gasteiger partial charge in [0.1, 0.15) is 5.75 Å². The van der Waals surface area contributed by atoms with Crippen molar-refractivity contribution in [1.82, 2.24) is 0 Å². The second-order valence-electron chi connectivity index (χ2n) is 7.07. The maximum atomic E-state index is 12.1. The summed E-state index contributed by atoms with van der Waals surface area (Å²) >= 11 is 0. The number of hydrogen-bond acceptors (Lipinski definition) is 5. The summed E-state index contributed by atoms with van der Waals surface area (Å²) in [7, 11) is 1.33. The van der Waals surface area contributed by atoms with Crippen LogP contribution in [0.3, 0.4) is 0 Å². The Balaban J connectivity index is 1.47. The SMILES string of the molecule is COC(=O)c1ccc(OCC(=O)Nc2ccc(N3CCC(C)CC3)cc2)cc1. The molecule has 0 spiro atoms. The molecule has 0 unspecified atom stereocenters. The summed E-state index contributed by atoms with van der Waals surface area (Å²) in [6.45, 7) is 4.35. The third-order valence-electron chi connectivity index (χ3n) is 4.95. The molecule has 0 atom stereocenters. The molecule has 1 aliphatic heterocycles. The Bertz CT molecular complexity index is 794. The molecule has 0 bridgehead atoms. The van der Waals surface area contributed by atoms with Crippen molar-refractivity contribution in [3.05, 3.63) is 54.1 Å². The van der Waals surface area contributed by atoms with E-state index in [2.05, 4.69) is 21.9 Å². The van der Waals surface area contributed by atoms with Crippen LogP contribution in [-0.2, 0) is 9.53 Å². The minimum Gasteiger partial charge on any atom is -0.484 e. The minimum atomic E-state index is -0.410. The molecule has 1 N–H and O–H groups in total. The monoisotopic (exact) mass is 382 g/mol. The molecule has 28 heavy (non-hydrogen) atoms. The van der Waals surface area contributed by atoms with Crippen LogP contribution in [0.15, 0.2) is 48.5 Å². The van der Waals surface area contributed by atoms with E-state index in [-0.39, 0.29) is 12.5 Å². The Morgan fingerprint density at radius 2 is 1.68 bits per heavy atom. The molecule has 1 saturated heterocycles. The van der Waals surface area contributed by atoms with E-state index in [9.17, 15) is 9.59 Å². The topological polar surface area (TPSA) is 67.9 Å². The maximum absolute atomic E-state index is 12.1. The van der Waals surface area contributed by atoms with Crippen LogP contribution in [0.4, 0.5) is 11.4 Å². The summed E-state index contributed by atoms with van der Waals surface area (Å²) in [5.41, 5.74) is 2.36. The fourth-order valence-corrected chi connectivity index (χ4v) is 3.17. The van der Waals surface area contributed by atoms with Gasteiger partial charge in [-0.3, -0.25) is 4.79 Å². The van der Waals surface area contributed by atoms with Gasteiger partial charge in [0.05, 0.1) is 12.7 Å². The van der Waals surface area contributed by atoms with Gasteiger partial charge in [-0.15, -0.1) is 0 Å². The fourth-order valence-electron chi connectivity index (χ4n) is 3.17. The van der Waals surface area contributed by atoms with Crippen LogP contribution >= 0.6 is 0 Å². The number of methoxy groups -OCH3 is 1. The lowest BCUT2D eigenvalue weighted by atomic mass is 9.99. The van der Waals surface area contributed by atoms with Crippen molar-refractivity contribution in [2.45, 2.75) is 19.8 Å². The van der Waals surface area contributed by atoms with Crippen LogP contribution in [0.25, 0.3) is 0 Å². The van der Waals surface area contributed by atoms with Gasteiger partial charge >= 0.3 is 5.97 Å². The van der Waals surface area contributed by atoms with Crippen molar-refractivity contribution >= 4 is 23.3 Å². The number of hydrogen-bond donors (Lipinski definition) is 1. The number of nitrogens with zero attached hydrogens (tertiary/aromatic N) is 1. The molecule has 0 aromatic heterocycles. The molecule has 1 heterocycles. The van der Waals surface area contributed by atoms with Crippen LogP contribution in [-0.4, -0.2) is 38.7 Å². The summed E-state index contributed by atoms with van der Waals surface area (Å²) in [4.78, 5) is 25.9. The van der Waals surface area contributed by atoms with Gasteiger partial charge in [0.25, 0.3) is 5.91 Å². The molecule has 148 valence electrons. The van der Waals surface area contributed by atoms with Crippen LogP contribution in [0, 0.1) is 5.92 Å². The van der Waals surface area contributed by atoms with Crippen LogP contribution in [0.1, 0.15) is 30.1 Å². The maximum Gasteiger partial charge on any atom is 0.337 e. The second-order valence-corrected chi connectivity index (χ2v) is 7.07. The van der Waals surface area contributed by atoms with Gasteiger partial charge in [0.15, 0.2) is 6.61 Å². The molecule has 3 rings (SSSR count). The van der Waals surface area contributed by atoms with E-state index in [0.717, 1.165) is 24.7 Å². The molecule has 6 heteroatoms. The Morgan fingerprint density at radius 3 is 2.29 bits per heavy atom. The quantitative estimate of drug-likeness (QED) is 0.771. The Labute approximate surface area is 165 Å². The van der Waals surface area contributed by atoms with Crippen LogP contribution in [0.5, 0.6) is 5.75 Å². The average molecular weight is 382 g/mol. The van der Waals surface area contributed by atoms with Crippen molar-refractivity contribution in [2.24, 2.45) is 5.92 Å². The van der Waals surface area contributed by atoms with Gasteiger partial charge in [0, 0.05) is 24.5 Å². The number of ether oxygens (including phenoxy) is 2. The first-order valence-electron chi connectivity index (χ1n) is 9.51. The molecule has 1 aliphatic rings. The van der Waals surface area contributed by atoms with E-state index in [1.807, 2.05) is 24.3 Å². The molecule has 0 radical (unpaired) electrons. The van der Waals surface area contributed by atoms with E-state index >= 15 is 0 Å². The van der Waals surface area contributed by atoms with Gasteiger partial charge in [-0.1, -0.05) is 6.92 Å². The average Bonchev–Trinajstić information content (AvgIpc) is 2.73. The highest BCUT2D eigenvalue weighted by Crippen LogP contribution is 2.24. The van der Waals surface area contributed by atoms with Crippen molar-refractivity contribution in [3.8, 4) is 5.75 Å². The molecule has 1 fully saturated rings. The summed E-state index contributed by atoms with van der Waals surface area (Å²) in [6.07, 6.45) is 2.44. The second kappa shape index (κ2) is 9.26. The molecule has 0 saturated carbocycles. The van der Waals surface area contributed by atoms with Gasteiger partial charge in [0.2, 0.25) is 0 Å². The number of anilines is 2. The van der Waals surface area contributed by atoms with Crippen molar-refractivity contribution in [1.29, 1.82) is 0 Å². The number of nitrogens with one attached hydrogen (secondary N) is 1. The van der Waals surface area contributed by atoms with Crippen molar-refractivity contribution < 1.29 is 19.1 Å². The first-order valence-corrected chi connectivity index (χ1v) is 9.51. The Hall–Kier alpha value is -3.02. The fraction of sp³-hybridized carbons (Fsp3) is 0.364. The molecular weight excluding hydrogens is 356 g/mol. The third kappa shape index (κ3) is 5.25. The molecule has 0 aliphatic carbocycles. The molecular formula is C22H26N2O4. The van der Waals surface area contributed by atoms with Gasteiger partial charge in [-0.25, -0.2) is 4.79 Å². The zero-order chi connectivity index (χ0) is 19.9. The number of esters is 1. The van der Waals surface area contributed by atoms with Crippen molar-refractivity contribution in [3.63, 3.8) is 0 Å². The number of benzene rings is 2. The summed E-state index contributed by atoms with van der Waals surface area (Å²) in [5.74, 6) is 0.660.